The molecular weight excluding hydrogens is 244 g/mol. The Bertz CT molecular complexity index is 320. The Morgan fingerprint density at radius 2 is 1.68 bits per heavy atom. The van der Waals surface area contributed by atoms with Crippen LogP contribution in [0, 0.1) is 0 Å². The van der Waals surface area contributed by atoms with Crippen LogP contribution in [0.2, 0.25) is 0 Å². The molecule has 1 aliphatic rings. The molecule has 3 amide bonds. The molecule has 0 spiro atoms. The molecule has 0 aliphatic carbocycles. The standard InChI is InChI=1S/C12H18N2O3.C2H6/c1-2-13-10(15)6-4-3-5-9-14-11(16)7-8-12(14)17;1-2/h7-8H,2-6,9H2,1H3,(H,13,15);1-2H3. The maximum absolute atomic E-state index is 11.2. The van der Waals surface area contributed by atoms with Crippen molar-refractivity contribution in [2.75, 3.05) is 13.1 Å². The van der Waals surface area contributed by atoms with E-state index in [-0.39, 0.29) is 17.7 Å². The third-order valence-electron chi connectivity index (χ3n) is 2.56. The second-order valence-electron chi connectivity index (χ2n) is 3.93. The zero-order chi connectivity index (χ0) is 14.7. The molecule has 1 aliphatic heterocycles. The first-order valence-corrected chi connectivity index (χ1v) is 6.95. The third kappa shape index (κ3) is 6.74. The van der Waals surface area contributed by atoms with E-state index in [1.807, 2.05) is 20.8 Å². The van der Waals surface area contributed by atoms with Crippen LogP contribution >= 0.6 is 0 Å². The molecule has 0 saturated carbocycles. The molecule has 1 heterocycles. The molecule has 0 aromatic heterocycles. The molecule has 108 valence electrons. The number of rotatable bonds is 7. The van der Waals surface area contributed by atoms with Gasteiger partial charge < -0.3 is 5.32 Å². The maximum Gasteiger partial charge on any atom is 0.253 e. The van der Waals surface area contributed by atoms with Gasteiger partial charge in [0.25, 0.3) is 11.8 Å². The highest BCUT2D eigenvalue weighted by Gasteiger charge is 2.22. The van der Waals surface area contributed by atoms with Gasteiger partial charge in [0.1, 0.15) is 0 Å². The second-order valence-corrected chi connectivity index (χ2v) is 3.93. The zero-order valence-electron chi connectivity index (χ0n) is 12.1. The number of hydrogen-bond acceptors (Lipinski definition) is 3. The van der Waals surface area contributed by atoms with Crippen LogP contribution in [0.3, 0.4) is 0 Å². The van der Waals surface area contributed by atoms with Crippen LogP contribution in [0.1, 0.15) is 46.5 Å². The average molecular weight is 268 g/mol. The number of nitrogens with zero attached hydrogens (tertiary/aromatic N) is 1. The fourth-order valence-corrected chi connectivity index (χ4v) is 1.67. The van der Waals surface area contributed by atoms with Gasteiger partial charge in [-0.15, -0.1) is 0 Å². The number of nitrogens with one attached hydrogen (secondary N) is 1. The lowest BCUT2D eigenvalue weighted by Gasteiger charge is -2.12. The van der Waals surface area contributed by atoms with E-state index in [0.717, 1.165) is 19.3 Å². The fourth-order valence-electron chi connectivity index (χ4n) is 1.67. The van der Waals surface area contributed by atoms with Crippen LogP contribution in [-0.4, -0.2) is 35.7 Å². The average Bonchev–Trinajstić information content (AvgIpc) is 2.72. The lowest BCUT2D eigenvalue weighted by Crippen LogP contribution is -2.30. The number of carbonyl (C=O) groups is 3. The molecule has 0 radical (unpaired) electrons. The first kappa shape index (κ1) is 17.4. The topological polar surface area (TPSA) is 66.5 Å². The van der Waals surface area contributed by atoms with Crippen molar-refractivity contribution in [3.8, 4) is 0 Å². The van der Waals surface area contributed by atoms with E-state index < -0.39 is 0 Å². The summed E-state index contributed by atoms with van der Waals surface area (Å²) in [4.78, 5) is 34.7. The van der Waals surface area contributed by atoms with Gasteiger partial charge in [-0.2, -0.15) is 0 Å². The minimum atomic E-state index is -0.237. The quantitative estimate of drug-likeness (QED) is 0.564. The lowest BCUT2D eigenvalue weighted by molar-refractivity contribution is -0.136. The minimum absolute atomic E-state index is 0.0579. The van der Waals surface area contributed by atoms with Gasteiger partial charge in [0.05, 0.1) is 0 Å². The van der Waals surface area contributed by atoms with Crippen LogP contribution in [0.5, 0.6) is 0 Å². The Hall–Kier alpha value is -1.65. The monoisotopic (exact) mass is 268 g/mol. The highest BCUT2D eigenvalue weighted by atomic mass is 16.2. The summed E-state index contributed by atoms with van der Waals surface area (Å²) in [6.07, 6.45) is 5.46. The summed E-state index contributed by atoms with van der Waals surface area (Å²) in [6.45, 7) is 6.98. The largest absolute Gasteiger partial charge is 0.356 e. The molecule has 0 aromatic rings. The normalized spacial score (nSPS) is 13.3. The van der Waals surface area contributed by atoms with E-state index >= 15 is 0 Å². The van der Waals surface area contributed by atoms with Crippen LogP contribution in [0.4, 0.5) is 0 Å². The van der Waals surface area contributed by atoms with Crippen molar-refractivity contribution < 1.29 is 14.4 Å². The van der Waals surface area contributed by atoms with Gasteiger partial charge >= 0.3 is 0 Å². The van der Waals surface area contributed by atoms with Crippen molar-refractivity contribution >= 4 is 17.7 Å². The summed E-state index contributed by atoms with van der Waals surface area (Å²) < 4.78 is 0. The number of hydrogen-bond donors (Lipinski definition) is 1. The van der Waals surface area contributed by atoms with Crippen LogP contribution < -0.4 is 5.32 Å². The Morgan fingerprint density at radius 3 is 2.21 bits per heavy atom. The fraction of sp³-hybridized carbons (Fsp3) is 0.643. The van der Waals surface area contributed by atoms with E-state index in [9.17, 15) is 14.4 Å². The van der Waals surface area contributed by atoms with Gasteiger partial charge in [0.15, 0.2) is 0 Å². The van der Waals surface area contributed by atoms with Gasteiger partial charge in [0, 0.05) is 31.7 Å². The smallest absolute Gasteiger partial charge is 0.253 e. The molecule has 0 aromatic carbocycles. The minimum Gasteiger partial charge on any atom is -0.356 e. The molecule has 0 unspecified atom stereocenters. The number of amides is 3. The Kier molecular flexibility index (Phi) is 9.40. The second kappa shape index (κ2) is 10.3. The van der Waals surface area contributed by atoms with Crippen LogP contribution in [-0.2, 0) is 14.4 Å². The molecule has 1 N–H and O–H groups in total. The molecule has 0 saturated heterocycles. The SMILES string of the molecule is CC.CCNC(=O)CCCCCN1C(=O)C=CC1=O. The summed E-state index contributed by atoms with van der Waals surface area (Å²) in [5.41, 5.74) is 0. The highest BCUT2D eigenvalue weighted by Crippen LogP contribution is 2.07. The van der Waals surface area contributed by atoms with Gasteiger partial charge in [-0.3, -0.25) is 19.3 Å². The predicted molar refractivity (Wildman–Crippen MR) is 74.4 cm³/mol. The van der Waals surface area contributed by atoms with Crippen molar-refractivity contribution in [1.29, 1.82) is 0 Å². The number of carbonyl (C=O) groups excluding carboxylic acids is 3. The third-order valence-corrected chi connectivity index (χ3v) is 2.56. The Labute approximate surface area is 115 Å². The maximum atomic E-state index is 11.2. The highest BCUT2D eigenvalue weighted by molar-refractivity contribution is 6.12. The summed E-state index contributed by atoms with van der Waals surface area (Å²) >= 11 is 0. The summed E-state index contributed by atoms with van der Waals surface area (Å²) in [5.74, 6) is -0.417. The molecule has 0 bridgehead atoms. The van der Waals surface area contributed by atoms with Gasteiger partial charge in [0.2, 0.25) is 5.91 Å². The summed E-state index contributed by atoms with van der Waals surface area (Å²) in [5, 5.41) is 2.72. The molecule has 19 heavy (non-hydrogen) atoms. The first-order chi connectivity index (χ1) is 9.15. The van der Waals surface area contributed by atoms with Crippen molar-refractivity contribution in [1.82, 2.24) is 10.2 Å². The van der Waals surface area contributed by atoms with Crippen LogP contribution in [0.15, 0.2) is 12.2 Å². The Balaban J connectivity index is 0.00000154. The predicted octanol–water partition coefficient (Wildman–Crippen LogP) is 1.63. The zero-order valence-corrected chi connectivity index (χ0v) is 12.1. The summed E-state index contributed by atoms with van der Waals surface area (Å²) in [6, 6.07) is 0. The lowest BCUT2D eigenvalue weighted by atomic mass is 10.2. The van der Waals surface area contributed by atoms with Crippen molar-refractivity contribution in [3.05, 3.63) is 12.2 Å². The number of imide groups is 1. The van der Waals surface area contributed by atoms with E-state index in [4.69, 9.17) is 0 Å². The van der Waals surface area contributed by atoms with E-state index in [0.29, 0.717) is 19.5 Å². The van der Waals surface area contributed by atoms with Gasteiger partial charge in [-0.1, -0.05) is 20.3 Å². The van der Waals surface area contributed by atoms with Crippen molar-refractivity contribution in [2.24, 2.45) is 0 Å². The van der Waals surface area contributed by atoms with Gasteiger partial charge in [-0.05, 0) is 19.8 Å². The first-order valence-electron chi connectivity index (χ1n) is 6.95. The van der Waals surface area contributed by atoms with Crippen molar-refractivity contribution in [3.63, 3.8) is 0 Å². The molecule has 0 atom stereocenters. The number of unbranched alkanes of at least 4 members (excludes halogenated alkanes) is 2. The molecule has 5 nitrogen and oxygen atoms in total. The molecule has 1 rings (SSSR count). The van der Waals surface area contributed by atoms with Crippen LogP contribution in [0.25, 0.3) is 0 Å². The molecule has 0 fully saturated rings. The van der Waals surface area contributed by atoms with E-state index in [2.05, 4.69) is 5.32 Å². The van der Waals surface area contributed by atoms with E-state index in [1.54, 1.807) is 0 Å². The van der Waals surface area contributed by atoms with Gasteiger partial charge in [-0.25, -0.2) is 0 Å². The molecule has 5 heteroatoms. The van der Waals surface area contributed by atoms with E-state index in [1.165, 1.54) is 17.1 Å². The van der Waals surface area contributed by atoms with Crippen molar-refractivity contribution in [2.45, 2.75) is 46.5 Å². The Morgan fingerprint density at radius 1 is 1.11 bits per heavy atom. The summed E-state index contributed by atoms with van der Waals surface area (Å²) in [7, 11) is 0. The molecular formula is C14H24N2O3.